The molecule has 0 saturated carbocycles. The Kier molecular flexibility index (Phi) is 4.56. The predicted molar refractivity (Wildman–Crippen MR) is 73.9 cm³/mol. The quantitative estimate of drug-likeness (QED) is 0.838. The molecule has 0 heterocycles. The molecule has 0 unspecified atom stereocenters. The molecule has 0 aromatic heterocycles. The third-order valence-corrected chi connectivity index (χ3v) is 4.42. The summed E-state index contributed by atoms with van der Waals surface area (Å²) in [6.45, 7) is 0. The number of nitrogens with one attached hydrogen (secondary N) is 2. The first-order valence-corrected chi connectivity index (χ1v) is 7.79. The van der Waals surface area contributed by atoms with E-state index in [1.165, 1.54) is 12.1 Å². The van der Waals surface area contributed by atoms with Crippen LogP contribution < -0.4 is 10.6 Å². The van der Waals surface area contributed by atoms with Gasteiger partial charge in [-0.25, -0.2) is 13.2 Å². The summed E-state index contributed by atoms with van der Waals surface area (Å²) in [5, 5.41) is 5.26. The highest BCUT2D eigenvalue weighted by atomic mass is 32.2. The zero-order chi connectivity index (χ0) is 15.5. The van der Waals surface area contributed by atoms with Gasteiger partial charge in [0.15, 0.2) is 0 Å². The zero-order valence-electron chi connectivity index (χ0n) is 10.9. The predicted octanol–water partition coefficient (Wildman–Crippen LogP) is 2.52. The molecule has 2 amide bonds. The van der Waals surface area contributed by atoms with E-state index in [-0.39, 0.29) is 6.04 Å². The fraction of sp³-hybridized carbons (Fsp3) is 0.308. The Balaban J connectivity index is 1.97. The van der Waals surface area contributed by atoms with E-state index in [1.807, 2.05) is 12.2 Å². The molecule has 0 fully saturated rings. The van der Waals surface area contributed by atoms with Crippen molar-refractivity contribution in [1.29, 1.82) is 0 Å². The minimum absolute atomic E-state index is 0.0449. The van der Waals surface area contributed by atoms with Gasteiger partial charge in [-0.15, -0.1) is 0 Å². The first-order valence-electron chi connectivity index (χ1n) is 6.24. The van der Waals surface area contributed by atoms with E-state index in [9.17, 15) is 22.0 Å². The highest BCUT2D eigenvalue weighted by Crippen LogP contribution is 2.20. The van der Waals surface area contributed by atoms with Crippen LogP contribution >= 0.6 is 0 Å². The summed E-state index contributed by atoms with van der Waals surface area (Å²) in [5.41, 5.74) is 0.326. The van der Waals surface area contributed by atoms with Crippen molar-refractivity contribution in [3.8, 4) is 0 Å². The second-order valence-corrected chi connectivity index (χ2v) is 6.49. The fourth-order valence-corrected chi connectivity index (χ4v) is 2.64. The van der Waals surface area contributed by atoms with Gasteiger partial charge >= 0.3 is 11.8 Å². The maximum absolute atomic E-state index is 12.4. The van der Waals surface area contributed by atoms with Crippen LogP contribution in [0.15, 0.2) is 41.3 Å². The van der Waals surface area contributed by atoms with E-state index in [1.54, 1.807) is 0 Å². The molecule has 0 radical (unpaired) electrons. The molecule has 2 N–H and O–H groups in total. The third kappa shape index (κ3) is 3.78. The Morgan fingerprint density at radius 1 is 1.14 bits per heavy atom. The number of amides is 2. The lowest BCUT2D eigenvalue weighted by Crippen LogP contribution is -2.36. The minimum Gasteiger partial charge on any atom is -0.335 e. The van der Waals surface area contributed by atoms with Crippen LogP contribution in [0.25, 0.3) is 0 Å². The number of hydrogen-bond donors (Lipinski definition) is 2. The highest BCUT2D eigenvalue weighted by molar-refractivity contribution is 7.91. The second-order valence-electron chi connectivity index (χ2n) is 4.57. The van der Waals surface area contributed by atoms with Gasteiger partial charge in [0.2, 0.25) is 9.84 Å². The van der Waals surface area contributed by atoms with Gasteiger partial charge in [-0.05, 0) is 37.1 Å². The van der Waals surface area contributed by atoms with Crippen molar-refractivity contribution in [2.75, 3.05) is 5.32 Å². The van der Waals surface area contributed by atoms with Crippen LogP contribution in [-0.2, 0) is 9.84 Å². The van der Waals surface area contributed by atoms with Crippen molar-refractivity contribution in [2.45, 2.75) is 29.5 Å². The molecule has 1 aromatic rings. The van der Waals surface area contributed by atoms with Gasteiger partial charge in [0.25, 0.3) is 0 Å². The third-order valence-electron chi connectivity index (χ3n) is 3.02. The number of benzene rings is 1. The van der Waals surface area contributed by atoms with E-state index in [0.717, 1.165) is 25.0 Å². The van der Waals surface area contributed by atoms with Crippen LogP contribution in [0.1, 0.15) is 12.8 Å². The van der Waals surface area contributed by atoms with E-state index < -0.39 is 26.5 Å². The molecule has 1 aliphatic carbocycles. The van der Waals surface area contributed by atoms with Crippen molar-refractivity contribution in [2.24, 2.45) is 0 Å². The smallest absolute Gasteiger partial charge is 0.335 e. The molecular formula is C13H14F2N2O3S. The molecule has 0 bridgehead atoms. The second kappa shape index (κ2) is 6.21. The number of carbonyl (C=O) groups excluding carboxylic acids is 1. The highest BCUT2D eigenvalue weighted by Gasteiger charge is 2.26. The van der Waals surface area contributed by atoms with Gasteiger partial charge in [-0.1, -0.05) is 12.2 Å². The number of halogens is 2. The van der Waals surface area contributed by atoms with E-state index in [0.29, 0.717) is 5.69 Å². The molecule has 2 rings (SSSR count). The molecule has 0 atom stereocenters. The average molecular weight is 316 g/mol. The summed E-state index contributed by atoms with van der Waals surface area (Å²) < 4.78 is 47.2. The molecule has 114 valence electrons. The molecule has 5 nitrogen and oxygen atoms in total. The van der Waals surface area contributed by atoms with Crippen LogP contribution in [0.3, 0.4) is 0 Å². The van der Waals surface area contributed by atoms with Crippen molar-refractivity contribution in [1.82, 2.24) is 5.32 Å². The number of rotatable bonds is 4. The molecule has 0 aliphatic heterocycles. The standard InChI is InChI=1S/C13H14F2N2O3S/c14-12(15)21(19,20)11-7-5-10(6-8-11)17-13(18)16-9-3-1-2-4-9/h1-2,5-9,12H,3-4H2,(H2,16,17,18). The topological polar surface area (TPSA) is 75.3 Å². The van der Waals surface area contributed by atoms with Crippen LogP contribution in [0.5, 0.6) is 0 Å². The SMILES string of the molecule is O=C(Nc1ccc(S(=O)(=O)C(F)F)cc1)NC1CC=CC1. The zero-order valence-corrected chi connectivity index (χ0v) is 11.7. The molecule has 0 saturated heterocycles. The Morgan fingerprint density at radius 2 is 1.71 bits per heavy atom. The summed E-state index contributed by atoms with van der Waals surface area (Å²) in [6.07, 6.45) is 5.46. The molecule has 0 spiro atoms. The number of carbonyl (C=O) groups is 1. The maximum Gasteiger partial charge on any atom is 0.341 e. The minimum atomic E-state index is -4.61. The summed E-state index contributed by atoms with van der Waals surface area (Å²) in [7, 11) is -4.61. The van der Waals surface area contributed by atoms with Crippen LogP contribution in [0.4, 0.5) is 19.3 Å². The number of anilines is 1. The largest absolute Gasteiger partial charge is 0.341 e. The number of urea groups is 1. The maximum atomic E-state index is 12.4. The molecular weight excluding hydrogens is 302 g/mol. The van der Waals surface area contributed by atoms with Crippen LogP contribution in [0.2, 0.25) is 0 Å². The monoisotopic (exact) mass is 316 g/mol. The Morgan fingerprint density at radius 3 is 2.24 bits per heavy atom. The number of hydrogen-bond acceptors (Lipinski definition) is 3. The molecule has 21 heavy (non-hydrogen) atoms. The van der Waals surface area contributed by atoms with E-state index in [4.69, 9.17) is 0 Å². The van der Waals surface area contributed by atoms with Gasteiger partial charge in [0.05, 0.1) is 4.90 Å². The Hall–Kier alpha value is -1.96. The number of sulfone groups is 1. The average Bonchev–Trinajstić information content (AvgIpc) is 2.91. The molecule has 1 aromatic carbocycles. The Bertz CT molecular complexity index is 634. The summed E-state index contributed by atoms with van der Waals surface area (Å²) in [5.74, 6) is -3.46. The first kappa shape index (κ1) is 15.4. The van der Waals surface area contributed by atoms with E-state index >= 15 is 0 Å². The lowest BCUT2D eigenvalue weighted by Gasteiger charge is -2.13. The van der Waals surface area contributed by atoms with Crippen molar-refractivity contribution < 1.29 is 22.0 Å². The van der Waals surface area contributed by atoms with Gasteiger partial charge in [0.1, 0.15) is 0 Å². The molecule has 8 heteroatoms. The number of alkyl halides is 2. The van der Waals surface area contributed by atoms with Crippen LogP contribution in [0, 0.1) is 0 Å². The fourth-order valence-electron chi connectivity index (χ4n) is 1.92. The summed E-state index contributed by atoms with van der Waals surface area (Å²) >= 11 is 0. The van der Waals surface area contributed by atoms with Crippen molar-refractivity contribution in [3.05, 3.63) is 36.4 Å². The van der Waals surface area contributed by atoms with Gasteiger partial charge in [-0.3, -0.25) is 0 Å². The van der Waals surface area contributed by atoms with Crippen LogP contribution in [-0.4, -0.2) is 26.2 Å². The van der Waals surface area contributed by atoms with E-state index in [2.05, 4.69) is 10.6 Å². The van der Waals surface area contributed by atoms with Gasteiger partial charge < -0.3 is 10.6 Å². The lowest BCUT2D eigenvalue weighted by molar-refractivity contribution is 0.234. The molecule has 1 aliphatic rings. The van der Waals surface area contributed by atoms with Crippen molar-refractivity contribution >= 4 is 21.6 Å². The summed E-state index contributed by atoms with van der Waals surface area (Å²) in [4.78, 5) is 11.2. The van der Waals surface area contributed by atoms with Gasteiger partial charge in [0, 0.05) is 11.7 Å². The Labute approximate surface area is 121 Å². The van der Waals surface area contributed by atoms with Crippen molar-refractivity contribution in [3.63, 3.8) is 0 Å². The first-order chi connectivity index (χ1) is 9.89. The van der Waals surface area contributed by atoms with Gasteiger partial charge in [-0.2, -0.15) is 8.78 Å². The summed E-state index contributed by atoms with van der Waals surface area (Å²) in [6, 6.07) is 4.23. The lowest BCUT2D eigenvalue weighted by atomic mass is 10.2. The normalized spacial score (nSPS) is 15.4.